The van der Waals surface area contributed by atoms with Crippen LogP contribution in [0.25, 0.3) is 0 Å². The Balaban J connectivity index is 1.86. The molecule has 3 rings (SSSR count). The normalized spacial score (nSPS) is 11.8. The SMILES string of the molecule is CCNC(=O)[C@@H](Cc1ccccc1)N(Cc1cccc(C)c1)C(=O)CCc1ccc(C(C)C)cc1. The lowest BCUT2D eigenvalue weighted by molar-refractivity contribution is -0.141. The number of likely N-dealkylation sites (N-methyl/N-ethyl adjacent to an activating group) is 1. The third kappa shape index (κ3) is 7.81. The number of rotatable bonds is 11. The number of hydrogen-bond donors (Lipinski definition) is 1. The Morgan fingerprint density at radius 1 is 0.857 bits per heavy atom. The molecule has 0 unspecified atom stereocenters. The minimum Gasteiger partial charge on any atom is -0.355 e. The molecule has 1 atom stereocenters. The van der Waals surface area contributed by atoms with Gasteiger partial charge in [-0.15, -0.1) is 0 Å². The molecular formula is C31H38N2O2. The van der Waals surface area contributed by atoms with Crippen LogP contribution >= 0.6 is 0 Å². The van der Waals surface area contributed by atoms with Gasteiger partial charge in [0.15, 0.2) is 0 Å². The van der Waals surface area contributed by atoms with E-state index in [2.05, 4.69) is 49.5 Å². The Morgan fingerprint density at radius 2 is 1.54 bits per heavy atom. The van der Waals surface area contributed by atoms with Crippen molar-refractivity contribution >= 4 is 11.8 Å². The van der Waals surface area contributed by atoms with Crippen LogP contribution in [0.2, 0.25) is 0 Å². The fraction of sp³-hybridized carbons (Fsp3) is 0.355. The van der Waals surface area contributed by atoms with Gasteiger partial charge in [-0.1, -0.05) is 98.3 Å². The van der Waals surface area contributed by atoms with Crippen molar-refractivity contribution in [2.75, 3.05) is 6.54 Å². The molecule has 35 heavy (non-hydrogen) atoms. The summed E-state index contributed by atoms with van der Waals surface area (Å²) in [6.45, 7) is 9.23. The van der Waals surface area contributed by atoms with Crippen molar-refractivity contribution in [3.63, 3.8) is 0 Å². The second-order valence-corrected chi connectivity index (χ2v) is 9.51. The molecule has 0 heterocycles. The molecule has 0 aromatic heterocycles. The molecule has 0 aliphatic carbocycles. The molecule has 0 radical (unpaired) electrons. The molecule has 0 aliphatic rings. The van der Waals surface area contributed by atoms with Crippen molar-refractivity contribution in [3.05, 3.63) is 107 Å². The third-order valence-corrected chi connectivity index (χ3v) is 6.33. The fourth-order valence-electron chi connectivity index (χ4n) is 4.32. The first kappa shape index (κ1) is 26.2. The van der Waals surface area contributed by atoms with Gasteiger partial charge < -0.3 is 10.2 Å². The van der Waals surface area contributed by atoms with E-state index in [1.54, 1.807) is 4.90 Å². The van der Waals surface area contributed by atoms with Crippen LogP contribution in [-0.4, -0.2) is 29.3 Å². The van der Waals surface area contributed by atoms with Crippen LogP contribution in [0.1, 0.15) is 60.9 Å². The number of nitrogens with zero attached hydrogens (tertiary/aromatic N) is 1. The maximum atomic E-state index is 13.7. The first-order chi connectivity index (χ1) is 16.9. The average molecular weight is 471 g/mol. The summed E-state index contributed by atoms with van der Waals surface area (Å²) in [5, 5.41) is 2.96. The summed E-state index contributed by atoms with van der Waals surface area (Å²) in [5.41, 5.74) is 5.63. The van der Waals surface area contributed by atoms with Gasteiger partial charge in [0, 0.05) is 25.9 Å². The second-order valence-electron chi connectivity index (χ2n) is 9.51. The summed E-state index contributed by atoms with van der Waals surface area (Å²) in [6, 6.07) is 26.0. The topological polar surface area (TPSA) is 49.4 Å². The molecule has 4 heteroatoms. The number of nitrogens with one attached hydrogen (secondary N) is 1. The van der Waals surface area contributed by atoms with Crippen LogP contribution in [0.3, 0.4) is 0 Å². The summed E-state index contributed by atoms with van der Waals surface area (Å²) in [6.07, 6.45) is 1.49. The van der Waals surface area contributed by atoms with Crippen LogP contribution < -0.4 is 5.32 Å². The van der Waals surface area contributed by atoms with E-state index in [1.165, 1.54) is 5.56 Å². The molecule has 3 aromatic carbocycles. The molecule has 184 valence electrons. The van der Waals surface area contributed by atoms with Gasteiger partial charge in [-0.25, -0.2) is 0 Å². The lowest BCUT2D eigenvalue weighted by Crippen LogP contribution is -2.50. The predicted molar refractivity (Wildman–Crippen MR) is 143 cm³/mol. The summed E-state index contributed by atoms with van der Waals surface area (Å²) in [4.78, 5) is 28.7. The van der Waals surface area contributed by atoms with Crippen molar-refractivity contribution in [1.29, 1.82) is 0 Å². The van der Waals surface area contributed by atoms with Crippen LogP contribution in [0.4, 0.5) is 0 Å². The molecule has 3 aromatic rings. The minimum atomic E-state index is -0.575. The maximum absolute atomic E-state index is 13.7. The molecule has 0 spiro atoms. The van der Waals surface area contributed by atoms with Crippen molar-refractivity contribution in [1.82, 2.24) is 10.2 Å². The molecule has 0 saturated heterocycles. The zero-order chi connectivity index (χ0) is 25.2. The zero-order valence-corrected chi connectivity index (χ0v) is 21.5. The molecule has 0 aliphatic heterocycles. The highest BCUT2D eigenvalue weighted by molar-refractivity contribution is 5.88. The van der Waals surface area contributed by atoms with Gasteiger partial charge in [-0.3, -0.25) is 9.59 Å². The number of aryl methyl sites for hydroxylation is 2. The van der Waals surface area contributed by atoms with Gasteiger partial charge in [-0.2, -0.15) is 0 Å². The number of carbonyl (C=O) groups excluding carboxylic acids is 2. The van der Waals surface area contributed by atoms with E-state index >= 15 is 0 Å². The third-order valence-electron chi connectivity index (χ3n) is 6.33. The van der Waals surface area contributed by atoms with Crippen LogP contribution in [0, 0.1) is 6.92 Å². The van der Waals surface area contributed by atoms with E-state index in [9.17, 15) is 9.59 Å². The predicted octanol–water partition coefficient (Wildman–Crippen LogP) is 5.83. The highest BCUT2D eigenvalue weighted by Gasteiger charge is 2.29. The van der Waals surface area contributed by atoms with Gasteiger partial charge >= 0.3 is 0 Å². The lowest BCUT2D eigenvalue weighted by Gasteiger charge is -2.31. The Kier molecular flexibility index (Phi) is 9.66. The minimum absolute atomic E-state index is 0.00775. The zero-order valence-electron chi connectivity index (χ0n) is 21.5. The van der Waals surface area contributed by atoms with Crippen molar-refractivity contribution < 1.29 is 9.59 Å². The van der Waals surface area contributed by atoms with Gasteiger partial charge in [0.2, 0.25) is 11.8 Å². The van der Waals surface area contributed by atoms with E-state index in [0.29, 0.717) is 38.3 Å². The van der Waals surface area contributed by atoms with Gasteiger partial charge in [0.1, 0.15) is 6.04 Å². The Bertz CT molecular complexity index is 1090. The van der Waals surface area contributed by atoms with E-state index in [1.807, 2.05) is 62.4 Å². The first-order valence-corrected chi connectivity index (χ1v) is 12.6. The number of amides is 2. The molecule has 0 saturated carbocycles. The average Bonchev–Trinajstić information content (AvgIpc) is 2.85. The molecule has 0 fully saturated rings. The Hall–Kier alpha value is -3.40. The molecule has 2 amide bonds. The number of hydrogen-bond acceptors (Lipinski definition) is 2. The molecular weight excluding hydrogens is 432 g/mol. The van der Waals surface area contributed by atoms with Crippen molar-refractivity contribution in [3.8, 4) is 0 Å². The molecule has 0 bridgehead atoms. The smallest absolute Gasteiger partial charge is 0.243 e. The Morgan fingerprint density at radius 3 is 2.17 bits per heavy atom. The molecule has 4 nitrogen and oxygen atoms in total. The lowest BCUT2D eigenvalue weighted by atomic mass is 9.99. The quantitative estimate of drug-likeness (QED) is 0.383. The van der Waals surface area contributed by atoms with Gasteiger partial charge in [0.25, 0.3) is 0 Å². The van der Waals surface area contributed by atoms with Crippen LogP contribution in [0.5, 0.6) is 0 Å². The van der Waals surface area contributed by atoms with Crippen molar-refractivity contribution in [2.45, 2.75) is 65.5 Å². The Labute approximate surface area is 210 Å². The first-order valence-electron chi connectivity index (χ1n) is 12.6. The fourth-order valence-corrected chi connectivity index (χ4v) is 4.32. The maximum Gasteiger partial charge on any atom is 0.243 e. The van der Waals surface area contributed by atoms with E-state index in [-0.39, 0.29) is 11.8 Å². The summed E-state index contributed by atoms with van der Waals surface area (Å²) in [5.74, 6) is 0.358. The monoisotopic (exact) mass is 470 g/mol. The highest BCUT2D eigenvalue weighted by atomic mass is 16.2. The van der Waals surface area contributed by atoms with Gasteiger partial charge in [-0.05, 0) is 48.4 Å². The largest absolute Gasteiger partial charge is 0.355 e. The standard InChI is InChI=1S/C31H38N2O2/c1-5-32-31(35)29(21-26-11-7-6-8-12-26)33(22-27-13-9-10-24(4)20-27)30(34)19-16-25-14-17-28(18-15-25)23(2)3/h6-15,17-18,20,23,29H,5,16,19,21-22H2,1-4H3,(H,32,35)/t29-/m1/s1. The van der Waals surface area contributed by atoms with Gasteiger partial charge in [0.05, 0.1) is 0 Å². The van der Waals surface area contributed by atoms with Crippen molar-refractivity contribution in [2.24, 2.45) is 0 Å². The van der Waals surface area contributed by atoms with Crippen LogP contribution in [-0.2, 0) is 29.0 Å². The highest BCUT2D eigenvalue weighted by Crippen LogP contribution is 2.19. The van der Waals surface area contributed by atoms with E-state index in [0.717, 1.165) is 22.3 Å². The summed E-state index contributed by atoms with van der Waals surface area (Å²) in [7, 11) is 0. The number of carbonyl (C=O) groups is 2. The second kappa shape index (κ2) is 12.9. The van der Waals surface area contributed by atoms with Crippen LogP contribution in [0.15, 0.2) is 78.9 Å². The van der Waals surface area contributed by atoms with E-state index < -0.39 is 6.04 Å². The number of benzene rings is 3. The van der Waals surface area contributed by atoms with E-state index in [4.69, 9.17) is 0 Å². The molecule has 1 N–H and O–H groups in total. The summed E-state index contributed by atoms with van der Waals surface area (Å²) >= 11 is 0. The summed E-state index contributed by atoms with van der Waals surface area (Å²) < 4.78 is 0.